The quantitative estimate of drug-likeness (QED) is 0.657. The van der Waals surface area contributed by atoms with Gasteiger partial charge < -0.3 is 16.0 Å². The normalized spacial score (nSPS) is 14.5. The van der Waals surface area contributed by atoms with E-state index in [-0.39, 0.29) is 11.8 Å². The summed E-state index contributed by atoms with van der Waals surface area (Å²) in [7, 11) is 0. The number of anilines is 3. The molecule has 0 bridgehead atoms. The van der Waals surface area contributed by atoms with E-state index in [2.05, 4.69) is 16.0 Å². The standard InChI is InChI=1S/C21H25N3O2/c1-15(25)16-7-9-18(10-8-16)22-19-11-13-20(14-12-19)24-21(26)23-17-5-3-2-4-6-17/h7-14,17,22H,2-6H2,1H3,(H2,23,24,26). The number of carbonyl (C=O) groups is 2. The van der Waals surface area contributed by atoms with Crippen LogP contribution in [0.15, 0.2) is 48.5 Å². The summed E-state index contributed by atoms with van der Waals surface area (Å²) in [6.07, 6.45) is 5.79. The van der Waals surface area contributed by atoms with Gasteiger partial charge in [-0.05, 0) is 68.3 Å². The summed E-state index contributed by atoms with van der Waals surface area (Å²) >= 11 is 0. The summed E-state index contributed by atoms with van der Waals surface area (Å²) in [4.78, 5) is 23.4. The average molecular weight is 351 g/mol. The van der Waals surface area contributed by atoms with Gasteiger partial charge in [0.2, 0.25) is 0 Å². The number of Topliss-reactive ketones (excluding diaryl/α,β-unsaturated/α-hetero) is 1. The fourth-order valence-electron chi connectivity index (χ4n) is 3.19. The molecule has 3 N–H and O–H groups in total. The van der Waals surface area contributed by atoms with Crippen LogP contribution in [0.3, 0.4) is 0 Å². The molecule has 3 rings (SSSR count). The number of hydrogen-bond acceptors (Lipinski definition) is 3. The van der Waals surface area contributed by atoms with Crippen molar-refractivity contribution in [3.63, 3.8) is 0 Å². The smallest absolute Gasteiger partial charge is 0.319 e. The molecular weight excluding hydrogens is 326 g/mol. The third-order valence-corrected chi connectivity index (χ3v) is 4.66. The third-order valence-electron chi connectivity index (χ3n) is 4.66. The van der Waals surface area contributed by atoms with Crippen molar-refractivity contribution < 1.29 is 9.59 Å². The number of nitrogens with one attached hydrogen (secondary N) is 3. The lowest BCUT2D eigenvalue weighted by molar-refractivity contribution is 0.101. The van der Waals surface area contributed by atoms with Crippen LogP contribution in [0.2, 0.25) is 0 Å². The molecule has 2 amide bonds. The van der Waals surface area contributed by atoms with Gasteiger partial charge >= 0.3 is 6.03 Å². The topological polar surface area (TPSA) is 70.2 Å². The SMILES string of the molecule is CC(=O)c1ccc(Nc2ccc(NC(=O)NC3CCCCC3)cc2)cc1. The van der Waals surface area contributed by atoms with Crippen molar-refractivity contribution >= 4 is 28.9 Å². The average Bonchev–Trinajstić information content (AvgIpc) is 2.64. The molecule has 0 unspecified atom stereocenters. The summed E-state index contributed by atoms with van der Waals surface area (Å²) in [6, 6.07) is 15.1. The molecule has 0 spiro atoms. The molecule has 26 heavy (non-hydrogen) atoms. The molecule has 0 aromatic heterocycles. The Kier molecular flexibility index (Phi) is 5.89. The minimum Gasteiger partial charge on any atom is -0.356 e. The summed E-state index contributed by atoms with van der Waals surface area (Å²) < 4.78 is 0. The third kappa shape index (κ3) is 5.09. The molecule has 1 aliphatic rings. The Labute approximate surface area is 154 Å². The first-order valence-corrected chi connectivity index (χ1v) is 9.16. The molecule has 1 fully saturated rings. The van der Waals surface area contributed by atoms with E-state index in [0.717, 1.165) is 29.9 Å². The van der Waals surface area contributed by atoms with Crippen LogP contribution in [0.5, 0.6) is 0 Å². The lowest BCUT2D eigenvalue weighted by Gasteiger charge is -2.22. The van der Waals surface area contributed by atoms with E-state index < -0.39 is 0 Å². The lowest BCUT2D eigenvalue weighted by Crippen LogP contribution is -2.38. The Bertz CT molecular complexity index is 748. The zero-order valence-electron chi connectivity index (χ0n) is 15.0. The van der Waals surface area contributed by atoms with Crippen LogP contribution in [0, 0.1) is 0 Å². The van der Waals surface area contributed by atoms with Crippen LogP contribution in [0.1, 0.15) is 49.4 Å². The molecule has 0 aliphatic heterocycles. The monoisotopic (exact) mass is 351 g/mol. The highest BCUT2D eigenvalue weighted by atomic mass is 16.2. The molecule has 2 aromatic carbocycles. The first-order valence-electron chi connectivity index (χ1n) is 9.16. The van der Waals surface area contributed by atoms with Gasteiger partial charge in [-0.15, -0.1) is 0 Å². The molecule has 5 nitrogen and oxygen atoms in total. The fraction of sp³-hybridized carbons (Fsp3) is 0.333. The zero-order chi connectivity index (χ0) is 18.4. The van der Waals surface area contributed by atoms with Gasteiger partial charge in [-0.25, -0.2) is 4.79 Å². The molecule has 0 radical (unpaired) electrons. The molecular formula is C21H25N3O2. The Morgan fingerprint density at radius 1 is 0.808 bits per heavy atom. The summed E-state index contributed by atoms with van der Waals surface area (Å²) in [5.74, 6) is 0.0541. The second kappa shape index (κ2) is 8.52. The second-order valence-electron chi connectivity index (χ2n) is 6.77. The van der Waals surface area contributed by atoms with Gasteiger partial charge in [0.25, 0.3) is 0 Å². The Balaban J connectivity index is 1.52. The molecule has 136 valence electrons. The highest BCUT2D eigenvalue weighted by Crippen LogP contribution is 2.20. The zero-order valence-corrected chi connectivity index (χ0v) is 15.0. The van der Waals surface area contributed by atoms with Crippen LogP contribution >= 0.6 is 0 Å². The van der Waals surface area contributed by atoms with Crippen molar-refractivity contribution in [3.05, 3.63) is 54.1 Å². The first-order chi connectivity index (χ1) is 12.6. The molecule has 1 aliphatic carbocycles. The van der Waals surface area contributed by atoms with Crippen molar-refractivity contribution in [2.45, 2.75) is 45.1 Å². The van der Waals surface area contributed by atoms with Crippen LogP contribution in [0.4, 0.5) is 21.9 Å². The van der Waals surface area contributed by atoms with Gasteiger partial charge in [-0.2, -0.15) is 0 Å². The van der Waals surface area contributed by atoms with Gasteiger partial charge in [-0.1, -0.05) is 19.3 Å². The fourth-order valence-corrected chi connectivity index (χ4v) is 3.19. The van der Waals surface area contributed by atoms with E-state index in [0.29, 0.717) is 11.6 Å². The molecule has 0 atom stereocenters. The lowest BCUT2D eigenvalue weighted by atomic mass is 9.96. The first kappa shape index (κ1) is 18.0. The Hall–Kier alpha value is -2.82. The molecule has 1 saturated carbocycles. The minimum atomic E-state index is -0.141. The maximum Gasteiger partial charge on any atom is 0.319 e. The van der Waals surface area contributed by atoms with Crippen LogP contribution in [-0.4, -0.2) is 17.9 Å². The highest BCUT2D eigenvalue weighted by Gasteiger charge is 2.15. The van der Waals surface area contributed by atoms with Crippen molar-refractivity contribution in [3.8, 4) is 0 Å². The number of rotatable bonds is 5. The Morgan fingerprint density at radius 3 is 1.92 bits per heavy atom. The Morgan fingerprint density at radius 2 is 1.35 bits per heavy atom. The maximum atomic E-state index is 12.1. The van der Waals surface area contributed by atoms with E-state index in [1.165, 1.54) is 19.3 Å². The van der Waals surface area contributed by atoms with Gasteiger partial charge in [0.05, 0.1) is 0 Å². The van der Waals surface area contributed by atoms with Crippen molar-refractivity contribution in [1.82, 2.24) is 5.32 Å². The van der Waals surface area contributed by atoms with E-state index in [9.17, 15) is 9.59 Å². The largest absolute Gasteiger partial charge is 0.356 e. The van der Waals surface area contributed by atoms with Crippen molar-refractivity contribution in [2.75, 3.05) is 10.6 Å². The number of amides is 2. The van der Waals surface area contributed by atoms with E-state index in [1.807, 2.05) is 36.4 Å². The predicted octanol–water partition coefficient (Wildman–Crippen LogP) is 5.09. The van der Waals surface area contributed by atoms with Crippen molar-refractivity contribution in [1.29, 1.82) is 0 Å². The predicted molar refractivity (Wildman–Crippen MR) is 105 cm³/mol. The van der Waals surface area contributed by atoms with Crippen LogP contribution in [0.25, 0.3) is 0 Å². The summed E-state index contributed by atoms with van der Waals surface area (Å²) in [5, 5.41) is 9.20. The van der Waals surface area contributed by atoms with Gasteiger partial charge in [0, 0.05) is 28.7 Å². The summed E-state index contributed by atoms with van der Waals surface area (Å²) in [5.41, 5.74) is 3.28. The van der Waals surface area contributed by atoms with Crippen molar-refractivity contribution in [2.24, 2.45) is 0 Å². The van der Waals surface area contributed by atoms with Crippen LogP contribution in [-0.2, 0) is 0 Å². The van der Waals surface area contributed by atoms with Gasteiger partial charge in [0.15, 0.2) is 5.78 Å². The molecule has 0 saturated heterocycles. The number of carbonyl (C=O) groups excluding carboxylic acids is 2. The number of benzene rings is 2. The van der Waals surface area contributed by atoms with E-state index >= 15 is 0 Å². The second-order valence-corrected chi connectivity index (χ2v) is 6.77. The van der Waals surface area contributed by atoms with E-state index in [4.69, 9.17) is 0 Å². The van der Waals surface area contributed by atoms with E-state index in [1.54, 1.807) is 19.1 Å². The maximum absolute atomic E-state index is 12.1. The minimum absolute atomic E-state index is 0.0541. The van der Waals surface area contributed by atoms with Gasteiger partial charge in [0.1, 0.15) is 0 Å². The molecule has 2 aromatic rings. The number of ketones is 1. The molecule has 5 heteroatoms. The molecule has 0 heterocycles. The number of hydrogen-bond donors (Lipinski definition) is 3. The summed E-state index contributed by atoms with van der Waals surface area (Å²) in [6.45, 7) is 1.55. The van der Waals surface area contributed by atoms with Crippen LogP contribution < -0.4 is 16.0 Å². The number of urea groups is 1. The highest BCUT2D eigenvalue weighted by molar-refractivity contribution is 5.94. The van der Waals surface area contributed by atoms with Gasteiger partial charge in [-0.3, -0.25) is 4.79 Å².